The van der Waals surface area contributed by atoms with Crippen LogP contribution >= 0.6 is 11.3 Å². The van der Waals surface area contributed by atoms with E-state index in [1.807, 2.05) is 0 Å². The first-order valence-electron chi connectivity index (χ1n) is 5.80. The largest absolute Gasteiger partial charge is 0.481 e. The van der Waals surface area contributed by atoms with Crippen molar-refractivity contribution in [3.63, 3.8) is 0 Å². The molecule has 0 saturated carbocycles. The highest BCUT2D eigenvalue weighted by atomic mass is 32.2. The summed E-state index contributed by atoms with van der Waals surface area (Å²) in [6.45, 7) is 2.93. The molecule has 0 aliphatic rings. The van der Waals surface area contributed by atoms with Gasteiger partial charge in [0.05, 0.1) is 12.5 Å². The molecule has 2 unspecified atom stereocenters. The van der Waals surface area contributed by atoms with Gasteiger partial charge >= 0.3 is 5.97 Å². The molecule has 1 rings (SSSR count). The molecular weight excluding hydrogens is 304 g/mol. The molecule has 1 amide bonds. The lowest BCUT2D eigenvalue weighted by Gasteiger charge is -2.17. The summed E-state index contributed by atoms with van der Waals surface area (Å²) in [5, 5.41) is 12.6. The molecule has 0 aliphatic carbocycles. The van der Waals surface area contributed by atoms with Gasteiger partial charge in [0.2, 0.25) is 5.91 Å². The highest BCUT2D eigenvalue weighted by Crippen LogP contribution is 2.15. The Balaban J connectivity index is 2.60. The van der Waals surface area contributed by atoms with Gasteiger partial charge in [-0.25, -0.2) is 8.42 Å². The van der Waals surface area contributed by atoms with Crippen molar-refractivity contribution in [3.8, 4) is 0 Å². The maximum absolute atomic E-state index is 11.9. The summed E-state index contributed by atoms with van der Waals surface area (Å²) in [5.74, 6) is -1.61. The molecule has 9 heteroatoms. The standard InChI is InChI=1S/C11H16N2O5S2/c1-7(6-9(14)15)12-11(16)8(2)13-20(17,18)10-4-3-5-19-10/h3-5,7-8,13H,6H2,1-2H3,(H,12,16)(H,14,15). The molecule has 112 valence electrons. The Kier molecular flexibility index (Phi) is 5.66. The first-order chi connectivity index (χ1) is 9.22. The molecule has 0 aromatic carbocycles. The number of rotatable bonds is 7. The Morgan fingerprint density at radius 2 is 2.05 bits per heavy atom. The van der Waals surface area contributed by atoms with Crippen molar-refractivity contribution in [1.29, 1.82) is 0 Å². The molecule has 20 heavy (non-hydrogen) atoms. The van der Waals surface area contributed by atoms with Crippen LogP contribution in [0.5, 0.6) is 0 Å². The third-order valence-corrected chi connectivity index (χ3v) is 5.29. The fraction of sp³-hybridized carbons (Fsp3) is 0.455. The van der Waals surface area contributed by atoms with E-state index in [0.29, 0.717) is 0 Å². The van der Waals surface area contributed by atoms with Gasteiger partial charge in [-0.2, -0.15) is 4.72 Å². The molecule has 7 nitrogen and oxygen atoms in total. The van der Waals surface area contributed by atoms with Gasteiger partial charge in [0.25, 0.3) is 10.0 Å². The van der Waals surface area contributed by atoms with Crippen LogP contribution < -0.4 is 10.0 Å². The quantitative estimate of drug-likeness (QED) is 0.673. The first kappa shape index (κ1) is 16.6. The SMILES string of the molecule is CC(CC(=O)O)NC(=O)C(C)NS(=O)(=O)c1cccs1. The topological polar surface area (TPSA) is 113 Å². The van der Waals surface area contributed by atoms with E-state index in [0.717, 1.165) is 11.3 Å². The summed E-state index contributed by atoms with van der Waals surface area (Å²) in [7, 11) is -3.73. The van der Waals surface area contributed by atoms with Gasteiger partial charge in [0.15, 0.2) is 0 Å². The van der Waals surface area contributed by atoms with Gasteiger partial charge in [-0.15, -0.1) is 11.3 Å². The fourth-order valence-electron chi connectivity index (χ4n) is 1.44. The molecule has 0 spiro atoms. The molecule has 0 bridgehead atoms. The summed E-state index contributed by atoms with van der Waals surface area (Å²) in [4.78, 5) is 22.2. The van der Waals surface area contributed by atoms with Crippen molar-refractivity contribution in [1.82, 2.24) is 10.0 Å². The van der Waals surface area contributed by atoms with E-state index in [2.05, 4.69) is 10.0 Å². The van der Waals surface area contributed by atoms with Crippen LogP contribution in [0.4, 0.5) is 0 Å². The Hall–Kier alpha value is -1.45. The Morgan fingerprint density at radius 1 is 1.40 bits per heavy atom. The maximum Gasteiger partial charge on any atom is 0.305 e. The predicted octanol–water partition coefficient (Wildman–Crippen LogP) is 0.394. The third kappa shape index (κ3) is 4.91. The third-order valence-electron chi connectivity index (χ3n) is 2.35. The summed E-state index contributed by atoms with van der Waals surface area (Å²) < 4.78 is 26.2. The van der Waals surface area contributed by atoms with Gasteiger partial charge in [0.1, 0.15) is 4.21 Å². The number of sulfonamides is 1. The summed E-state index contributed by atoms with van der Waals surface area (Å²) in [5.41, 5.74) is 0. The molecule has 1 aromatic heterocycles. The Labute approximate surface area is 121 Å². The fourth-order valence-corrected chi connectivity index (χ4v) is 3.65. The van der Waals surface area contributed by atoms with Crippen molar-refractivity contribution in [3.05, 3.63) is 17.5 Å². The van der Waals surface area contributed by atoms with Crippen LogP contribution in [0.1, 0.15) is 20.3 Å². The van der Waals surface area contributed by atoms with Crippen LogP contribution in [0.3, 0.4) is 0 Å². The minimum absolute atomic E-state index is 0.121. The normalized spacial score (nSPS) is 14.5. The number of carbonyl (C=O) groups excluding carboxylic acids is 1. The van der Waals surface area contributed by atoms with Crippen molar-refractivity contribution >= 4 is 33.2 Å². The minimum atomic E-state index is -3.73. The van der Waals surface area contributed by atoms with Gasteiger partial charge in [0, 0.05) is 6.04 Å². The van der Waals surface area contributed by atoms with Crippen LogP contribution in [-0.2, 0) is 19.6 Å². The average molecular weight is 320 g/mol. The smallest absolute Gasteiger partial charge is 0.305 e. The number of hydrogen-bond donors (Lipinski definition) is 3. The van der Waals surface area contributed by atoms with Gasteiger partial charge in [-0.1, -0.05) is 6.07 Å². The van der Waals surface area contributed by atoms with Gasteiger partial charge in [-0.05, 0) is 25.3 Å². The molecule has 0 radical (unpaired) electrons. The highest BCUT2D eigenvalue weighted by molar-refractivity contribution is 7.91. The lowest BCUT2D eigenvalue weighted by molar-refractivity contribution is -0.137. The van der Waals surface area contributed by atoms with Crippen molar-refractivity contribution in [2.24, 2.45) is 0 Å². The van der Waals surface area contributed by atoms with Crippen LogP contribution in [0, 0.1) is 0 Å². The van der Waals surface area contributed by atoms with Crippen LogP contribution in [0.15, 0.2) is 21.7 Å². The second-order valence-corrected chi connectivity index (χ2v) is 7.17. The first-order valence-corrected chi connectivity index (χ1v) is 8.16. The second-order valence-electron chi connectivity index (χ2n) is 4.28. The van der Waals surface area contributed by atoms with E-state index in [1.54, 1.807) is 11.4 Å². The Morgan fingerprint density at radius 3 is 2.55 bits per heavy atom. The number of nitrogens with one attached hydrogen (secondary N) is 2. The van der Waals surface area contributed by atoms with Crippen LogP contribution in [0.2, 0.25) is 0 Å². The minimum Gasteiger partial charge on any atom is -0.481 e. The summed E-state index contributed by atoms with van der Waals surface area (Å²) in [6, 6.07) is 1.47. The number of amides is 1. The molecule has 1 heterocycles. The second kappa shape index (κ2) is 6.82. The average Bonchev–Trinajstić information content (AvgIpc) is 2.80. The number of hydrogen-bond acceptors (Lipinski definition) is 5. The van der Waals surface area contributed by atoms with Crippen molar-refractivity contribution in [2.45, 2.75) is 36.6 Å². The summed E-state index contributed by atoms with van der Waals surface area (Å²) >= 11 is 1.05. The van der Waals surface area contributed by atoms with Crippen LogP contribution in [0.25, 0.3) is 0 Å². The lowest BCUT2D eigenvalue weighted by atomic mass is 10.2. The number of thiophene rings is 1. The zero-order valence-electron chi connectivity index (χ0n) is 11.0. The van der Waals surface area contributed by atoms with Crippen molar-refractivity contribution < 1.29 is 23.1 Å². The predicted molar refractivity (Wildman–Crippen MR) is 74.0 cm³/mol. The molecule has 0 aliphatic heterocycles. The molecule has 0 fully saturated rings. The zero-order valence-corrected chi connectivity index (χ0v) is 12.6. The lowest BCUT2D eigenvalue weighted by Crippen LogP contribution is -2.47. The van der Waals surface area contributed by atoms with E-state index >= 15 is 0 Å². The van der Waals surface area contributed by atoms with E-state index in [4.69, 9.17) is 5.11 Å². The number of carboxylic acids is 1. The molecule has 1 aromatic rings. The van der Waals surface area contributed by atoms with Crippen molar-refractivity contribution in [2.75, 3.05) is 0 Å². The maximum atomic E-state index is 11.9. The number of carbonyl (C=O) groups is 2. The molecular formula is C11H16N2O5S2. The molecule has 3 N–H and O–H groups in total. The monoisotopic (exact) mass is 320 g/mol. The summed E-state index contributed by atoms with van der Waals surface area (Å²) in [6.07, 6.45) is -0.226. The molecule has 2 atom stereocenters. The van der Waals surface area contributed by atoms with Gasteiger partial charge < -0.3 is 10.4 Å². The molecule has 0 saturated heterocycles. The van der Waals surface area contributed by atoms with E-state index < -0.39 is 34.0 Å². The number of aliphatic carboxylic acids is 1. The zero-order chi connectivity index (χ0) is 15.3. The van der Waals surface area contributed by atoms with E-state index in [-0.39, 0.29) is 10.6 Å². The van der Waals surface area contributed by atoms with E-state index in [9.17, 15) is 18.0 Å². The van der Waals surface area contributed by atoms with E-state index in [1.165, 1.54) is 19.9 Å². The van der Waals surface area contributed by atoms with Gasteiger partial charge in [-0.3, -0.25) is 9.59 Å². The number of carboxylic acid groups (broad SMARTS) is 1. The highest BCUT2D eigenvalue weighted by Gasteiger charge is 2.23. The van der Waals surface area contributed by atoms with Crippen LogP contribution in [-0.4, -0.2) is 37.5 Å². The Bertz CT molecular complexity index is 568.